The lowest BCUT2D eigenvalue weighted by Crippen LogP contribution is -2.25. The van der Waals surface area contributed by atoms with Gasteiger partial charge in [0.15, 0.2) is 0 Å². The normalized spacial score (nSPS) is 10.6. The molecule has 0 aliphatic rings. The fourth-order valence-corrected chi connectivity index (χ4v) is 3.14. The third kappa shape index (κ3) is 2.70. The molecule has 0 N–H and O–H groups in total. The van der Waals surface area contributed by atoms with Crippen molar-refractivity contribution in [2.24, 2.45) is 0 Å². The van der Waals surface area contributed by atoms with E-state index in [9.17, 15) is 9.59 Å². The second-order valence-corrected chi connectivity index (χ2v) is 5.88. The van der Waals surface area contributed by atoms with Gasteiger partial charge in [0.2, 0.25) is 11.0 Å². The number of pyridine rings is 1. The van der Waals surface area contributed by atoms with E-state index in [-0.39, 0.29) is 11.0 Å². The SMILES string of the molecule is CC(=O)N(c1ccc(Cl)cc1)c1nc(=O)c2cccnc2s1. The average molecular weight is 332 g/mol. The molecule has 0 bridgehead atoms. The first-order valence-electron chi connectivity index (χ1n) is 6.38. The molecule has 2 aromatic heterocycles. The molecule has 1 amide bonds. The molecule has 1 aromatic carbocycles. The van der Waals surface area contributed by atoms with Crippen molar-refractivity contribution in [1.29, 1.82) is 0 Å². The van der Waals surface area contributed by atoms with Crippen molar-refractivity contribution in [1.82, 2.24) is 9.97 Å². The van der Waals surface area contributed by atoms with Crippen LogP contribution in [0.2, 0.25) is 5.02 Å². The van der Waals surface area contributed by atoms with Crippen molar-refractivity contribution in [2.45, 2.75) is 6.92 Å². The van der Waals surface area contributed by atoms with Gasteiger partial charge in [0.1, 0.15) is 4.83 Å². The van der Waals surface area contributed by atoms with Gasteiger partial charge in [-0.25, -0.2) is 4.98 Å². The lowest BCUT2D eigenvalue weighted by Gasteiger charge is -2.19. The molecule has 0 fully saturated rings. The molecule has 0 aliphatic carbocycles. The van der Waals surface area contributed by atoms with Crippen LogP contribution in [0.3, 0.4) is 0 Å². The van der Waals surface area contributed by atoms with E-state index in [4.69, 9.17) is 11.6 Å². The average Bonchev–Trinajstić information content (AvgIpc) is 2.49. The van der Waals surface area contributed by atoms with E-state index < -0.39 is 5.56 Å². The molecule has 7 heteroatoms. The van der Waals surface area contributed by atoms with Crippen molar-refractivity contribution in [2.75, 3.05) is 4.90 Å². The Kier molecular flexibility index (Phi) is 3.87. The van der Waals surface area contributed by atoms with Gasteiger partial charge in [-0.2, -0.15) is 4.98 Å². The monoisotopic (exact) mass is 331 g/mol. The highest BCUT2D eigenvalue weighted by molar-refractivity contribution is 7.21. The van der Waals surface area contributed by atoms with Crippen molar-refractivity contribution in [3.63, 3.8) is 0 Å². The lowest BCUT2D eigenvalue weighted by molar-refractivity contribution is -0.115. The highest BCUT2D eigenvalue weighted by Gasteiger charge is 2.18. The number of rotatable bonds is 2. The summed E-state index contributed by atoms with van der Waals surface area (Å²) in [4.78, 5) is 34.2. The zero-order chi connectivity index (χ0) is 15.7. The summed E-state index contributed by atoms with van der Waals surface area (Å²) in [6.07, 6.45) is 1.60. The predicted molar refractivity (Wildman–Crippen MR) is 88.0 cm³/mol. The van der Waals surface area contributed by atoms with Crippen LogP contribution in [-0.2, 0) is 4.79 Å². The van der Waals surface area contributed by atoms with Gasteiger partial charge in [-0.1, -0.05) is 22.9 Å². The summed E-state index contributed by atoms with van der Waals surface area (Å²) in [7, 11) is 0. The standard InChI is InChI=1S/C15H10ClN3O2S/c1-9(20)19(11-6-4-10(16)5-7-11)15-18-13(21)12-3-2-8-17-14(12)22-15/h2-8H,1H3. The molecule has 2 heterocycles. The van der Waals surface area contributed by atoms with E-state index in [1.54, 1.807) is 42.6 Å². The number of halogens is 1. The number of benzene rings is 1. The Morgan fingerprint density at radius 1 is 1.23 bits per heavy atom. The topological polar surface area (TPSA) is 63.2 Å². The zero-order valence-corrected chi connectivity index (χ0v) is 13.1. The van der Waals surface area contributed by atoms with Gasteiger partial charge in [-0.3, -0.25) is 14.5 Å². The van der Waals surface area contributed by atoms with Gasteiger partial charge in [0.05, 0.1) is 11.1 Å². The number of fused-ring (bicyclic) bond motifs is 1. The fourth-order valence-electron chi connectivity index (χ4n) is 2.00. The minimum absolute atomic E-state index is 0.249. The van der Waals surface area contributed by atoms with E-state index in [1.165, 1.54) is 23.2 Å². The van der Waals surface area contributed by atoms with Gasteiger partial charge in [-0.15, -0.1) is 0 Å². The van der Waals surface area contributed by atoms with Crippen molar-refractivity contribution < 1.29 is 4.79 Å². The van der Waals surface area contributed by atoms with Gasteiger partial charge < -0.3 is 0 Å². The second kappa shape index (κ2) is 5.82. The first-order chi connectivity index (χ1) is 10.6. The predicted octanol–water partition coefficient (Wildman–Crippen LogP) is 3.39. The minimum atomic E-state index is -0.405. The summed E-state index contributed by atoms with van der Waals surface area (Å²) < 4.78 is 0. The molecule has 0 aliphatic heterocycles. The molecule has 0 saturated carbocycles. The van der Waals surface area contributed by atoms with Crippen molar-refractivity contribution in [3.8, 4) is 0 Å². The molecule has 110 valence electrons. The molecule has 3 rings (SSSR count). The molecule has 0 saturated heterocycles. The Hall–Kier alpha value is -2.31. The zero-order valence-electron chi connectivity index (χ0n) is 11.5. The third-order valence-corrected chi connectivity index (χ3v) is 4.20. The summed E-state index contributed by atoms with van der Waals surface area (Å²) in [5.41, 5.74) is 0.187. The van der Waals surface area contributed by atoms with Gasteiger partial charge in [-0.05, 0) is 36.4 Å². The Morgan fingerprint density at radius 2 is 1.95 bits per heavy atom. The summed E-state index contributed by atoms with van der Waals surface area (Å²) in [6, 6.07) is 10.1. The molecule has 0 atom stereocenters. The summed E-state index contributed by atoms with van der Waals surface area (Å²) in [5, 5.41) is 1.29. The number of nitrogens with zero attached hydrogens (tertiary/aromatic N) is 3. The second-order valence-electron chi connectivity index (χ2n) is 4.49. The first-order valence-corrected chi connectivity index (χ1v) is 7.58. The van der Waals surface area contributed by atoms with E-state index in [0.717, 1.165) is 0 Å². The Bertz CT molecular complexity index is 909. The minimum Gasteiger partial charge on any atom is -0.274 e. The van der Waals surface area contributed by atoms with Crippen molar-refractivity contribution in [3.05, 3.63) is 58.0 Å². The third-order valence-electron chi connectivity index (χ3n) is 2.98. The summed E-state index contributed by atoms with van der Waals surface area (Å²) in [6.45, 7) is 1.41. The smallest absolute Gasteiger partial charge is 0.274 e. The fraction of sp³-hybridized carbons (Fsp3) is 0.0667. The Morgan fingerprint density at radius 3 is 2.64 bits per heavy atom. The maximum absolute atomic E-state index is 12.1. The highest BCUT2D eigenvalue weighted by Crippen LogP contribution is 2.29. The van der Waals surface area contributed by atoms with Crippen LogP contribution in [-0.4, -0.2) is 15.9 Å². The number of amides is 1. The summed E-state index contributed by atoms with van der Waals surface area (Å²) >= 11 is 7.06. The molecule has 22 heavy (non-hydrogen) atoms. The quantitative estimate of drug-likeness (QED) is 0.722. The van der Waals surface area contributed by atoms with Crippen LogP contribution in [0.25, 0.3) is 10.2 Å². The number of carbonyl (C=O) groups is 1. The highest BCUT2D eigenvalue weighted by atomic mass is 35.5. The van der Waals surface area contributed by atoms with Crippen LogP contribution < -0.4 is 10.5 Å². The van der Waals surface area contributed by atoms with E-state index in [2.05, 4.69) is 9.97 Å². The van der Waals surface area contributed by atoms with Crippen LogP contribution in [0.4, 0.5) is 10.8 Å². The van der Waals surface area contributed by atoms with Crippen LogP contribution in [0.5, 0.6) is 0 Å². The molecule has 0 unspecified atom stereocenters. The molecule has 3 aromatic rings. The maximum Gasteiger partial charge on any atom is 0.282 e. The largest absolute Gasteiger partial charge is 0.282 e. The van der Waals surface area contributed by atoms with Gasteiger partial charge in [0.25, 0.3) is 5.56 Å². The van der Waals surface area contributed by atoms with Crippen LogP contribution >= 0.6 is 22.9 Å². The Labute approximate surface area is 134 Å². The number of hydrogen-bond acceptors (Lipinski definition) is 5. The number of aromatic nitrogens is 2. The maximum atomic E-state index is 12.1. The summed E-state index contributed by atoms with van der Waals surface area (Å²) in [5.74, 6) is -0.249. The van der Waals surface area contributed by atoms with Gasteiger partial charge >= 0.3 is 0 Å². The molecular formula is C15H10ClN3O2S. The molecule has 0 spiro atoms. The molecular weight excluding hydrogens is 322 g/mol. The van der Waals surface area contributed by atoms with E-state index in [0.29, 0.717) is 20.9 Å². The van der Waals surface area contributed by atoms with Crippen molar-refractivity contribution >= 4 is 49.9 Å². The van der Waals surface area contributed by atoms with Gasteiger partial charge in [0, 0.05) is 18.1 Å². The lowest BCUT2D eigenvalue weighted by atomic mass is 10.3. The van der Waals surface area contributed by atoms with Crippen LogP contribution in [0, 0.1) is 0 Å². The number of hydrogen-bond donors (Lipinski definition) is 0. The number of carbonyl (C=O) groups excluding carboxylic acids is 1. The van der Waals surface area contributed by atoms with E-state index in [1.807, 2.05) is 0 Å². The van der Waals surface area contributed by atoms with E-state index >= 15 is 0 Å². The molecule has 5 nitrogen and oxygen atoms in total. The number of anilines is 2. The first kappa shape index (κ1) is 14.6. The molecule has 0 radical (unpaired) electrons. The van der Waals surface area contributed by atoms with Crippen LogP contribution in [0.1, 0.15) is 6.92 Å². The van der Waals surface area contributed by atoms with Crippen LogP contribution in [0.15, 0.2) is 47.4 Å². The Balaban J connectivity index is 2.19.